The number of hydrogen-bond acceptors (Lipinski definition) is 1. The van der Waals surface area contributed by atoms with Gasteiger partial charge in [-0.15, -0.1) is 0 Å². The van der Waals surface area contributed by atoms with Crippen LogP contribution in [0.3, 0.4) is 0 Å². The van der Waals surface area contributed by atoms with Gasteiger partial charge in [0.05, 0.1) is 0 Å². The van der Waals surface area contributed by atoms with E-state index in [1.165, 1.54) is 18.9 Å². The van der Waals surface area contributed by atoms with Crippen molar-refractivity contribution in [1.29, 1.82) is 0 Å². The summed E-state index contributed by atoms with van der Waals surface area (Å²) in [6, 6.07) is 8.33. The fourth-order valence-corrected chi connectivity index (χ4v) is 2.87. The van der Waals surface area contributed by atoms with E-state index in [1.807, 2.05) is 12.1 Å². The van der Waals surface area contributed by atoms with Crippen molar-refractivity contribution >= 4 is 0 Å². The molecule has 0 unspecified atom stereocenters. The molecule has 90 valence electrons. The number of rotatable bonds is 3. The Bertz CT molecular complexity index is 413. The zero-order chi connectivity index (χ0) is 11.7. The summed E-state index contributed by atoms with van der Waals surface area (Å²) >= 11 is 0. The molecule has 0 bridgehead atoms. The van der Waals surface area contributed by atoms with E-state index in [4.69, 9.17) is 0 Å². The summed E-state index contributed by atoms with van der Waals surface area (Å²) in [5.41, 5.74) is 1.16. The van der Waals surface area contributed by atoms with Crippen LogP contribution in [0.25, 0.3) is 0 Å². The van der Waals surface area contributed by atoms with Crippen LogP contribution in [-0.4, -0.2) is 12.1 Å². The molecule has 1 aromatic carbocycles. The normalized spacial score (nSPS) is 28.3. The Morgan fingerprint density at radius 1 is 1.06 bits per heavy atom. The molecule has 0 radical (unpaired) electrons. The highest BCUT2D eigenvalue weighted by Gasteiger charge is 2.31. The lowest BCUT2D eigenvalue weighted by molar-refractivity contribution is 0.267. The Morgan fingerprint density at radius 3 is 2.53 bits per heavy atom. The van der Waals surface area contributed by atoms with Gasteiger partial charge in [0.15, 0.2) is 0 Å². The lowest BCUT2D eigenvalue weighted by Gasteiger charge is -2.38. The quantitative estimate of drug-likeness (QED) is 0.786. The van der Waals surface area contributed by atoms with Gasteiger partial charge in [0.25, 0.3) is 0 Å². The van der Waals surface area contributed by atoms with E-state index >= 15 is 0 Å². The van der Waals surface area contributed by atoms with Crippen molar-refractivity contribution in [3.05, 3.63) is 47.8 Å². The molecule has 1 nitrogen and oxygen atoms in total. The molecule has 3 rings (SSSR count). The van der Waals surface area contributed by atoms with Crippen LogP contribution in [0.5, 0.6) is 0 Å². The van der Waals surface area contributed by atoms with Gasteiger partial charge in [0, 0.05) is 12.1 Å². The summed E-state index contributed by atoms with van der Waals surface area (Å²) in [5, 5.41) is 3.67. The van der Waals surface area contributed by atoms with E-state index in [1.54, 1.807) is 6.07 Å². The van der Waals surface area contributed by atoms with Gasteiger partial charge in [-0.3, -0.25) is 0 Å². The summed E-state index contributed by atoms with van der Waals surface area (Å²) in [6.45, 7) is 0. The molecule has 0 amide bonds. The summed E-state index contributed by atoms with van der Waals surface area (Å²) in [4.78, 5) is 0. The van der Waals surface area contributed by atoms with Gasteiger partial charge in [0.1, 0.15) is 5.82 Å². The van der Waals surface area contributed by atoms with E-state index in [-0.39, 0.29) is 5.82 Å². The number of benzene rings is 1. The molecule has 0 spiro atoms. The van der Waals surface area contributed by atoms with Gasteiger partial charge < -0.3 is 5.32 Å². The first-order valence-electron chi connectivity index (χ1n) is 6.48. The van der Waals surface area contributed by atoms with Crippen molar-refractivity contribution in [1.82, 2.24) is 5.32 Å². The Kier molecular flexibility index (Phi) is 2.98. The topological polar surface area (TPSA) is 12.0 Å². The number of hydrogen-bond donors (Lipinski definition) is 1. The second-order valence-corrected chi connectivity index (χ2v) is 5.23. The lowest BCUT2D eigenvalue weighted by Crippen LogP contribution is -2.44. The fraction of sp³-hybridized carbons (Fsp3) is 0.467. The van der Waals surface area contributed by atoms with Crippen molar-refractivity contribution in [2.24, 2.45) is 0 Å². The first-order valence-corrected chi connectivity index (χ1v) is 6.48. The van der Waals surface area contributed by atoms with Crippen molar-refractivity contribution in [3.63, 3.8) is 0 Å². The molecule has 17 heavy (non-hydrogen) atoms. The number of nitrogens with one attached hydrogen (secondary N) is 1. The second-order valence-electron chi connectivity index (χ2n) is 5.23. The maximum Gasteiger partial charge on any atom is 0.123 e. The minimum atomic E-state index is -0.112. The first kappa shape index (κ1) is 11.0. The van der Waals surface area contributed by atoms with Crippen LogP contribution in [-0.2, 0) is 0 Å². The summed E-state index contributed by atoms with van der Waals surface area (Å²) in [6.07, 6.45) is 9.14. The zero-order valence-corrected chi connectivity index (χ0v) is 9.90. The Morgan fingerprint density at radius 2 is 1.82 bits per heavy atom. The molecule has 1 fully saturated rings. The second kappa shape index (κ2) is 4.61. The maximum absolute atomic E-state index is 13.1. The molecule has 0 aromatic heterocycles. The van der Waals surface area contributed by atoms with Crippen LogP contribution in [0.1, 0.15) is 37.2 Å². The van der Waals surface area contributed by atoms with Crippen LogP contribution in [0.2, 0.25) is 0 Å². The summed E-state index contributed by atoms with van der Waals surface area (Å²) in [7, 11) is 0. The average molecular weight is 231 g/mol. The van der Waals surface area contributed by atoms with Crippen LogP contribution in [0.15, 0.2) is 36.4 Å². The molecule has 2 aliphatic carbocycles. The minimum absolute atomic E-state index is 0.112. The Labute approximate surface area is 102 Å². The van der Waals surface area contributed by atoms with Gasteiger partial charge in [0.2, 0.25) is 0 Å². The number of halogens is 1. The molecular formula is C15H18FN. The highest BCUT2D eigenvalue weighted by atomic mass is 19.1. The highest BCUT2D eigenvalue weighted by molar-refractivity contribution is 5.24. The molecule has 2 aliphatic rings. The van der Waals surface area contributed by atoms with Gasteiger partial charge in [-0.05, 0) is 49.3 Å². The van der Waals surface area contributed by atoms with E-state index < -0.39 is 0 Å². The van der Waals surface area contributed by atoms with Crippen LogP contribution < -0.4 is 5.32 Å². The Balaban J connectivity index is 1.51. The molecular weight excluding hydrogens is 213 g/mol. The average Bonchev–Trinajstić information content (AvgIpc) is 2.75. The predicted molar refractivity (Wildman–Crippen MR) is 67.5 cm³/mol. The summed E-state index contributed by atoms with van der Waals surface area (Å²) in [5.74, 6) is 0.441. The Hall–Kier alpha value is -1.15. The van der Waals surface area contributed by atoms with Gasteiger partial charge in [-0.2, -0.15) is 0 Å². The smallest absolute Gasteiger partial charge is 0.123 e. The zero-order valence-electron chi connectivity index (χ0n) is 9.90. The van der Waals surface area contributed by atoms with Crippen LogP contribution >= 0.6 is 0 Å². The predicted octanol–water partition coefficient (Wildman–Crippen LogP) is 3.38. The molecule has 0 heterocycles. The molecule has 1 aromatic rings. The molecule has 2 heteroatoms. The fourth-order valence-electron chi connectivity index (χ4n) is 2.87. The van der Waals surface area contributed by atoms with E-state index in [2.05, 4.69) is 17.5 Å². The van der Waals surface area contributed by atoms with Crippen LogP contribution in [0.4, 0.5) is 4.39 Å². The largest absolute Gasteiger partial charge is 0.311 e. The summed E-state index contributed by atoms with van der Waals surface area (Å²) < 4.78 is 13.1. The van der Waals surface area contributed by atoms with Gasteiger partial charge in [-0.25, -0.2) is 4.39 Å². The molecule has 0 saturated heterocycles. The van der Waals surface area contributed by atoms with E-state index in [0.29, 0.717) is 18.0 Å². The third-order valence-corrected chi connectivity index (χ3v) is 3.94. The SMILES string of the molecule is Fc1cccc(C2CC(NC3CC=CC3)C2)c1. The third kappa shape index (κ3) is 2.42. The molecule has 0 atom stereocenters. The molecule has 1 saturated carbocycles. The van der Waals surface area contributed by atoms with E-state index in [0.717, 1.165) is 18.4 Å². The highest BCUT2D eigenvalue weighted by Crippen LogP contribution is 2.37. The van der Waals surface area contributed by atoms with Crippen molar-refractivity contribution in [3.8, 4) is 0 Å². The monoisotopic (exact) mass is 231 g/mol. The lowest BCUT2D eigenvalue weighted by atomic mass is 9.75. The van der Waals surface area contributed by atoms with Crippen LogP contribution in [0, 0.1) is 5.82 Å². The van der Waals surface area contributed by atoms with Crippen molar-refractivity contribution in [2.75, 3.05) is 0 Å². The third-order valence-electron chi connectivity index (χ3n) is 3.94. The minimum Gasteiger partial charge on any atom is -0.311 e. The molecule has 0 aliphatic heterocycles. The first-order chi connectivity index (χ1) is 8.31. The van der Waals surface area contributed by atoms with E-state index in [9.17, 15) is 4.39 Å². The maximum atomic E-state index is 13.1. The van der Waals surface area contributed by atoms with Crippen molar-refractivity contribution < 1.29 is 4.39 Å². The van der Waals surface area contributed by atoms with Crippen molar-refractivity contribution in [2.45, 2.75) is 43.7 Å². The standard InChI is InChI=1S/C15H18FN/c16-13-5-3-4-11(8-13)12-9-15(10-12)17-14-6-1-2-7-14/h1-5,8,12,14-15,17H,6-7,9-10H2. The van der Waals surface area contributed by atoms with Gasteiger partial charge >= 0.3 is 0 Å². The molecule has 1 N–H and O–H groups in total. The van der Waals surface area contributed by atoms with Gasteiger partial charge in [-0.1, -0.05) is 24.3 Å².